The Bertz CT molecular complexity index is 1300. The fourth-order valence-electron chi connectivity index (χ4n) is 5.66. The molecule has 0 aromatic carbocycles. The molecule has 2 aromatic rings. The predicted octanol–water partition coefficient (Wildman–Crippen LogP) is 5.83. The normalized spacial score (nSPS) is 22.4. The summed E-state index contributed by atoms with van der Waals surface area (Å²) in [4.78, 5) is 25.2. The molecule has 13 heteroatoms. The molecule has 4 heterocycles. The van der Waals surface area contributed by atoms with E-state index in [0.29, 0.717) is 22.2 Å². The molecule has 2 fully saturated rings. The number of amides is 1. The number of carbonyl (C=O) groups excluding carboxylic acids is 1. The maximum absolute atomic E-state index is 13.4. The summed E-state index contributed by atoms with van der Waals surface area (Å²) in [6.07, 6.45) is 2.00. The van der Waals surface area contributed by atoms with Crippen LogP contribution in [0.2, 0.25) is 0 Å². The molecule has 9 nitrogen and oxygen atoms in total. The topological polar surface area (TPSA) is 117 Å². The molecule has 1 aliphatic carbocycles. The van der Waals surface area contributed by atoms with Crippen molar-refractivity contribution in [2.45, 2.75) is 87.8 Å². The molecule has 2 bridgehead atoms. The van der Waals surface area contributed by atoms with E-state index in [1.807, 2.05) is 18.2 Å². The van der Waals surface area contributed by atoms with Gasteiger partial charge in [0.1, 0.15) is 28.7 Å². The quantitative estimate of drug-likeness (QED) is 0.229. The minimum atomic E-state index is -4.21. The lowest BCUT2D eigenvalue weighted by molar-refractivity contribution is -0.192. The number of rotatable bonds is 7. The highest BCUT2D eigenvalue weighted by Gasteiger charge is 2.62. The molecule has 1 saturated carbocycles. The number of fused-ring (bicyclic) bond motifs is 5. The van der Waals surface area contributed by atoms with E-state index in [-0.39, 0.29) is 43.4 Å². The fraction of sp³-hybridized carbons (Fsp3) is 0.552. The Morgan fingerprint density at radius 1 is 1.21 bits per heavy atom. The van der Waals surface area contributed by atoms with Crippen molar-refractivity contribution in [2.24, 2.45) is 11.1 Å². The average Bonchev–Trinajstić information content (AvgIpc) is 3.68. The number of hydrogen-bond donors (Lipinski definition) is 4. The molecule has 3 aliphatic rings. The molecule has 5 N–H and O–H groups in total. The van der Waals surface area contributed by atoms with Crippen molar-refractivity contribution >= 4 is 35.3 Å². The van der Waals surface area contributed by atoms with E-state index >= 15 is 0 Å². The van der Waals surface area contributed by atoms with Gasteiger partial charge in [-0.15, -0.1) is 0 Å². The smallest absolute Gasteiger partial charge is 0.370 e. The highest BCUT2D eigenvalue weighted by Crippen LogP contribution is 2.59. The van der Waals surface area contributed by atoms with Crippen molar-refractivity contribution in [3.8, 4) is 0 Å². The Kier molecular flexibility index (Phi) is 8.91. The van der Waals surface area contributed by atoms with Crippen molar-refractivity contribution in [1.82, 2.24) is 14.7 Å². The minimum absolute atomic E-state index is 0.0734. The highest BCUT2D eigenvalue weighted by molar-refractivity contribution is 7.97. The first kappa shape index (κ1) is 30.4. The summed E-state index contributed by atoms with van der Waals surface area (Å²) in [6.45, 7) is 5.05. The number of aromatic nitrogens is 2. The van der Waals surface area contributed by atoms with Gasteiger partial charge in [0.05, 0.1) is 11.0 Å². The van der Waals surface area contributed by atoms with Crippen LogP contribution in [-0.2, 0) is 4.74 Å². The van der Waals surface area contributed by atoms with Crippen molar-refractivity contribution < 1.29 is 22.7 Å². The zero-order chi connectivity index (χ0) is 30.0. The van der Waals surface area contributed by atoms with Gasteiger partial charge in [-0.25, -0.2) is 9.97 Å². The Morgan fingerprint density at radius 2 is 2.02 bits per heavy atom. The van der Waals surface area contributed by atoms with Crippen LogP contribution in [0.4, 0.5) is 30.6 Å². The van der Waals surface area contributed by atoms with Gasteiger partial charge in [0, 0.05) is 42.9 Å². The molecule has 5 rings (SSSR count). The number of pyridine rings is 2. The van der Waals surface area contributed by atoms with Gasteiger partial charge in [0.2, 0.25) is 0 Å². The summed E-state index contributed by atoms with van der Waals surface area (Å²) in [7, 11) is 0. The van der Waals surface area contributed by atoms with Crippen LogP contribution in [0, 0.1) is 5.41 Å². The predicted molar refractivity (Wildman–Crippen MR) is 158 cm³/mol. The molecule has 1 unspecified atom stereocenters. The van der Waals surface area contributed by atoms with Gasteiger partial charge in [-0.1, -0.05) is 6.07 Å². The second-order valence-corrected chi connectivity index (χ2v) is 12.6. The van der Waals surface area contributed by atoms with Crippen LogP contribution in [0.5, 0.6) is 0 Å². The number of nitrogens with one attached hydrogen (secondary N) is 3. The van der Waals surface area contributed by atoms with E-state index in [1.165, 1.54) is 6.08 Å². The SMILES string of the molecule is CC1(C)CC[C@H]2CCCNc3cccc(n3)SNC(=O)c3ccc(N/C=C\C(N)OCCC4(C(F)(F)F)CC4)nc3N21. The van der Waals surface area contributed by atoms with Gasteiger partial charge in [0.25, 0.3) is 5.91 Å². The summed E-state index contributed by atoms with van der Waals surface area (Å²) >= 11 is 1.15. The average molecular weight is 606 g/mol. The van der Waals surface area contributed by atoms with Gasteiger partial charge in [-0.2, -0.15) is 13.2 Å². The van der Waals surface area contributed by atoms with Crippen molar-refractivity contribution in [3.05, 3.63) is 48.2 Å². The molecule has 1 amide bonds. The van der Waals surface area contributed by atoms with Gasteiger partial charge in [-0.3, -0.25) is 9.52 Å². The molecule has 1 saturated heterocycles. The number of hydrogen-bond acceptors (Lipinski definition) is 9. The summed E-state index contributed by atoms with van der Waals surface area (Å²) in [5.74, 6) is 1.60. The van der Waals surface area contributed by atoms with E-state index in [0.717, 1.165) is 50.0 Å². The van der Waals surface area contributed by atoms with E-state index in [4.69, 9.17) is 15.5 Å². The number of ether oxygens (including phenoxy) is 1. The summed E-state index contributed by atoms with van der Waals surface area (Å²) in [6, 6.07) is 9.33. The molecule has 2 atom stereocenters. The first-order chi connectivity index (χ1) is 20.0. The number of halogens is 3. The number of nitrogens with zero attached hydrogens (tertiary/aromatic N) is 3. The molecular weight excluding hydrogens is 567 g/mol. The summed E-state index contributed by atoms with van der Waals surface area (Å²) in [5.41, 5.74) is 4.58. The second kappa shape index (κ2) is 12.3. The Labute approximate surface area is 248 Å². The maximum Gasteiger partial charge on any atom is 0.394 e. The summed E-state index contributed by atoms with van der Waals surface area (Å²) in [5, 5.41) is 7.14. The zero-order valence-corrected chi connectivity index (χ0v) is 24.7. The molecule has 2 aromatic heterocycles. The number of alkyl halides is 3. The standard InChI is InChI=1S/C29H38F3N7O2S/c1-27(2)12-10-19-5-4-16-34-22-6-3-7-24(36-22)42-38-26(40)20-8-9-23(37-25(20)39(19)27)35-17-11-21(33)41-18-15-28(13-14-28)29(30,31)32/h3,6-9,11,17,19,21H,4-5,10,12-16,18,33H2,1-2H3,(H,34,36)(H,35,37)(H,38,40)/b17-11-/t19-,21?/m1/s1. The van der Waals surface area contributed by atoms with Crippen LogP contribution in [0.1, 0.15) is 69.2 Å². The van der Waals surface area contributed by atoms with Crippen LogP contribution in [0.3, 0.4) is 0 Å². The Morgan fingerprint density at radius 3 is 2.79 bits per heavy atom. The lowest BCUT2D eigenvalue weighted by Gasteiger charge is -2.38. The molecule has 2 aliphatic heterocycles. The van der Waals surface area contributed by atoms with Crippen LogP contribution in [-0.4, -0.2) is 53.0 Å². The van der Waals surface area contributed by atoms with E-state index in [9.17, 15) is 18.0 Å². The van der Waals surface area contributed by atoms with Crippen LogP contribution < -0.4 is 26.0 Å². The largest absolute Gasteiger partial charge is 0.394 e. The second-order valence-electron chi connectivity index (χ2n) is 11.8. The van der Waals surface area contributed by atoms with Crippen LogP contribution in [0.15, 0.2) is 47.6 Å². The molecule has 42 heavy (non-hydrogen) atoms. The lowest BCUT2D eigenvalue weighted by Crippen LogP contribution is -2.45. The molecule has 0 radical (unpaired) electrons. The third-order valence-electron chi connectivity index (χ3n) is 8.31. The fourth-order valence-corrected chi connectivity index (χ4v) is 6.26. The molecule has 228 valence electrons. The number of anilines is 3. The zero-order valence-electron chi connectivity index (χ0n) is 23.8. The van der Waals surface area contributed by atoms with Gasteiger partial charge in [0.15, 0.2) is 0 Å². The third kappa shape index (κ3) is 6.95. The van der Waals surface area contributed by atoms with Crippen molar-refractivity contribution in [3.63, 3.8) is 0 Å². The highest BCUT2D eigenvalue weighted by atomic mass is 32.2. The number of nitrogens with two attached hydrogens (primary N) is 1. The maximum atomic E-state index is 13.4. The Balaban J connectivity index is 1.31. The monoisotopic (exact) mass is 605 g/mol. The Hall–Kier alpha value is -3.03. The van der Waals surface area contributed by atoms with Crippen LogP contribution >= 0.6 is 11.9 Å². The first-order valence-electron chi connectivity index (χ1n) is 14.3. The van der Waals surface area contributed by atoms with Gasteiger partial charge in [-0.05, 0) is 89.1 Å². The van der Waals surface area contributed by atoms with Crippen molar-refractivity contribution in [2.75, 3.05) is 28.7 Å². The number of carbonyl (C=O) groups is 1. The lowest BCUT2D eigenvalue weighted by atomic mass is 10.0. The van der Waals surface area contributed by atoms with E-state index in [1.54, 1.807) is 18.3 Å². The third-order valence-corrected chi connectivity index (χ3v) is 9.03. The molecule has 0 spiro atoms. The minimum Gasteiger partial charge on any atom is -0.370 e. The molecular formula is C29H38F3N7O2S. The summed E-state index contributed by atoms with van der Waals surface area (Å²) < 4.78 is 47.7. The van der Waals surface area contributed by atoms with Crippen molar-refractivity contribution in [1.29, 1.82) is 0 Å². The van der Waals surface area contributed by atoms with E-state index < -0.39 is 17.8 Å². The van der Waals surface area contributed by atoms with Gasteiger partial charge >= 0.3 is 6.18 Å². The van der Waals surface area contributed by atoms with Crippen LogP contribution in [0.25, 0.3) is 0 Å². The van der Waals surface area contributed by atoms with Gasteiger partial charge < -0.3 is 26.0 Å². The first-order valence-corrected chi connectivity index (χ1v) is 15.1. The van der Waals surface area contributed by atoms with E-state index in [2.05, 4.69) is 39.1 Å².